The third kappa shape index (κ3) is 8.60. The Bertz CT molecular complexity index is 541. The largest absolute Gasteiger partial charge is 0.350 e. The molecule has 0 saturated carbocycles. The molecule has 4 nitrogen and oxygen atoms in total. The molecular weight excluding hydrogens is 344 g/mol. The number of hydrogen-bond donors (Lipinski definition) is 1. The number of amides is 2. The Balaban J connectivity index is 2.33. The highest BCUT2D eigenvalue weighted by Gasteiger charge is 2.19. The average Bonchev–Trinajstić information content (AvgIpc) is 2.49. The van der Waals surface area contributed by atoms with Crippen molar-refractivity contribution in [2.45, 2.75) is 51.0 Å². The number of nitrogens with zero attached hydrogens (tertiary/aromatic N) is 1. The molecule has 0 spiro atoms. The van der Waals surface area contributed by atoms with Crippen LogP contribution in [-0.2, 0) is 9.59 Å². The standard InChI is InChI=1S/C18H27ClN2O2S/c1-5-21(13-16(22)20-18(2,3)4)17(23)7-6-12-24-15-10-8-14(19)9-11-15/h8-11H,5-7,12-13H2,1-4H3,(H,20,22). The first kappa shape index (κ1) is 20.8. The Hall–Kier alpha value is -1.20. The minimum absolute atomic E-state index is 0.0262. The molecule has 0 aromatic heterocycles. The Morgan fingerprint density at radius 3 is 2.38 bits per heavy atom. The second kappa shape index (κ2) is 9.94. The smallest absolute Gasteiger partial charge is 0.240 e. The molecule has 0 heterocycles. The van der Waals surface area contributed by atoms with E-state index >= 15 is 0 Å². The topological polar surface area (TPSA) is 49.4 Å². The van der Waals surface area contributed by atoms with Gasteiger partial charge in [-0.15, -0.1) is 11.8 Å². The van der Waals surface area contributed by atoms with Gasteiger partial charge in [-0.3, -0.25) is 9.59 Å². The van der Waals surface area contributed by atoms with Crippen molar-refractivity contribution in [3.05, 3.63) is 29.3 Å². The lowest BCUT2D eigenvalue weighted by Gasteiger charge is -2.25. The molecule has 0 fully saturated rings. The van der Waals surface area contributed by atoms with Crippen LogP contribution in [0, 0.1) is 0 Å². The normalized spacial score (nSPS) is 11.2. The highest BCUT2D eigenvalue weighted by atomic mass is 35.5. The van der Waals surface area contributed by atoms with E-state index in [0.29, 0.717) is 13.0 Å². The lowest BCUT2D eigenvalue weighted by Crippen LogP contribution is -2.47. The molecule has 0 atom stereocenters. The van der Waals surface area contributed by atoms with Gasteiger partial charge in [0.05, 0.1) is 6.54 Å². The lowest BCUT2D eigenvalue weighted by atomic mass is 10.1. The summed E-state index contributed by atoms with van der Waals surface area (Å²) in [6.45, 7) is 8.34. The lowest BCUT2D eigenvalue weighted by molar-refractivity contribution is -0.136. The zero-order chi connectivity index (χ0) is 18.2. The predicted molar refractivity (Wildman–Crippen MR) is 102 cm³/mol. The third-order valence-corrected chi connectivity index (χ3v) is 4.55. The fourth-order valence-corrected chi connectivity index (χ4v) is 3.09. The first-order valence-corrected chi connectivity index (χ1v) is 9.55. The van der Waals surface area contributed by atoms with Gasteiger partial charge in [0.15, 0.2) is 0 Å². The van der Waals surface area contributed by atoms with Gasteiger partial charge in [-0.25, -0.2) is 0 Å². The summed E-state index contributed by atoms with van der Waals surface area (Å²) in [5.41, 5.74) is -0.283. The molecule has 0 aliphatic heterocycles. The molecule has 6 heteroatoms. The van der Waals surface area contributed by atoms with Gasteiger partial charge in [-0.1, -0.05) is 11.6 Å². The highest BCUT2D eigenvalue weighted by Crippen LogP contribution is 2.21. The van der Waals surface area contributed by atoms with Gasteiger partial charge < -0.3 is 10.2 Å². The number of likely N-dealkylation sites (N-methyl/N-ethyl adjacent to an activating group) is 1. The Labute approximate surface area is 154 Å². The summed E-state index contributed by atoms with van der Waals surface area (Å²) >= 11 is 7.56. The van der Waals surface area contributed by atoms with Crippen molar-refractivity contribution in [3.63, 3.8) is 0 Å². The monoisotopic (exact) mass is 370 g/mol. The second-order valence-electron chi connectivity index (χ2n) is 6.61. The van der Waals surface area contributed by atoms with E-state index in [1.807, 2.05) is 52.0 Å². The molecule has 0 unspecified atom stereocenters. The molecule has 0 radical (unpaired) electrons. The van der Waals surface area contributed by atoms with Crippen molar-refractivity contribution < 1.29 is 9.59 Å². The average molecular weight is 371 g/mol. The predicted octanol–water partition coefficient (Wildman–Crippen LogP) is 3.98. The number of halogens is 1. The molecule has 24 heavy (non-hydrogen) atoms. The molecule has 1 aromatic rings. The number of thioether (sulfide) groups is 1. The number of hydrogen-bond acceptors (Lipinski definition) is 3. The summed E-state index contributed by atoms with van der Waals surface area (Å²) in [6, 6.07) is 7.68. The number of rotatable bonds is 8. The summed E-state index contributed by atoms with van der Waals surface area (Å²) in [5.74, 6) is 0.769. The summed E-state index contributed by atoms with van der Waals surface area (Å²) < 4.78 is 0. The van der Waals surface area contributed by atoms with Gasteiger partial charge in [0, 0.05) is 28.4 Å². The minimum atomic E-state index is -0.283. The van der Waals surface area contributed by atoms with Gasteiger partial charge in [0.2, 0.25) is 11.8 Å². The number of benzene rings is 1. The van der Waals surface area contributed by atoms with Crippen molar-refractivity contribution >= 4 is 35.2 Å². The van der Waals surface area contributed by atoms with Crippen LogP contribution < -0.4 is 5.32 Å². The maximum atomic E-state index is 12.3. The molecule has 0 aliphatic rings. The highest BCUT2D eigenvalue weighted by molar-refractivity contribution is 7.99. The quantitative estimate of drug-likeness (QED) is 0.556. The van der Waals surface area contributed by atoms with Gasteiger partial charge >= 0.3 is 0 Å². The Kier molecular flexibility index (Phi) is 8.63. The third-order valence-electron chi connectivity index (χ3n) is 3.20. The van der Waals surface area contributed by atoms with E-state index < -0.39 is 0 Å². The van der Waals surface area contributed by atoms with Crippen molar-refractivity contribution in [1.29, 1.82) is 0 Å². The first-order chi connectivity index (χ1) is 11.2. The van der Waals surface area contributed by atoms with Crippen molar-refractivity contribution in [2.24, 2.45) is 0 Å². The Morgan fingerprint density at radius 1 is 1.21 bits per heavy atom. The van der Waals surface area contributed by atoms with Gasteiger partial charge in [0.25, 0.3) is 0 Å². The number of nitrogens with one attached hydrogen (secondary N) is 1. The fourth-order valence-electron chi connectivity index (χ4n) is 2.11. The van der Waals surface area contributed by atoms with Crippen LogP contribution >= 0.6 is 23.4 Å². The van der Waals surface area contributed by atoms with Crippen LogP contribution in [0.25, 0.3) is 0 Å². The summed E-state index contributed by atoms with van der Waals surface area (Å²) in [7, 11) is 0. The zero-order valence-electron chi connectivity index (χ0n) is 14.9. The Morgan fingerprint density at radius 2 is 1.83 bits per heavy atom. The fraction of sp³-hybridized carbons (Fsp3) is 0.556. The molecule has 1 rings (SSSR count). The maximum Gasteiger partial charge on any atom is 0.240 e. The van der Waals surface area contributed by atoms with Crippen LogP contribution in [0.15, 0.2) is 29.2 Å². The van der Waals surface area contributed by atoms with E-state index in [4.69, 9.17) is 11.6 Å². The van der Waals surface area contributed by atoms with Crippen molar-refractivity contribution in [2.75, 3.05) is 18.8 Å². The summed E-state index contributed by atoms with van der Waals surface area (Å²) in [4.78, 5) is 27.0. The number of carbonyl (C=O) groups excluding carboxylic acids is 2. The van der Waals surface area contributed by atoms with Crippen LogP contribution in [0.4, 0.5) is 0 Å². The maximum absolute atomic E-state index is 12.3. The molecule has 1 N–H and O–H groups in total. The first-order valence-electron chi connectivity index (χ1n) is 8.18. The molecular formula is C18H27ClN2O2S. The summed E-state index contributed by atoms with van der Waals surface area (Å²) in [6.07, 6.45) is 1.24. The van der Waals surface area contributed by atoms with E-state index in [2.05, 4.69) is 5.32 Å². The van der Waals surface area contributed by atoms with Gasteiger partial charge in [-0.05, 0) is 64.1 Å². The number of carbonyl (C=O) groups is 2. The van der Waals surface area contributed by atoms with E-state index in [9.17, 15) is 9.59 Å². The molecule has 1 aromatic carbocycles. The van der Waals surface area contributed by atoms with Crippen LogP contribution in [-0.4, -0.2) is 41.1 Å². The van der Waals surface area contributed by atoms with Crippen LogP contribution in [0.5, 0.6) is 0 Å². The van der Waals surface area contributed by atoms with Crippen molar-refractivity contribution in [3.8, 4) is 0 Å². The molecule has 0 aliphatic carbocycles. The summed E-state index contributed by atoms with van der Waals surface area (Å²) in [5, 5.41) is 3.61. The van der Waals surface area contributed by atoms with Crippen LogP contribution in [0.1, 0.15) is 40.5 Å². The van der Waals surface area contributed by atoms with Gasteiger partial charge in [-0.2, -0.15) is 0 Å². The zero-order valence-corrected chi connectivity index (χ0v) is 16.5. The molecule has 0 bridgehead atoms. The molecule has 2 amide bonds. The SMILES string of the molecule is CCN(CC(=O)NC(C)(C)C)C(=O)CCCSc1ccc(Cl)cc1. The van der Waals surface area contributed by atoms with E-state index in [0.717, 1.165) is 22.1 Å². The van der Waals surface area contributed by atoms with E-state index in [1.165, 1.54) is 0 Å². The molecule has 134 valence electrons. The van der Waals surface area contributed by atoms with E-state index in [-0.39, 0.29) is 23.9 Å². The van der Waals surface area contributed by atoms with Crippen LogP contribution in [0.3, 0.4) is 0 Å². The van der Waals surface area contributed by atoms with Gasteiger partial charge in [0.1, 0.15) is 0 Å². The second-order valence-corrected chi connectivity index (χ2v) is 8.22. The van der Waals surface area contributed by atoms with E-state index in [1.54, 1.807) is 16.7 Å². The van der Waals surface area contributed by atoms with Crippen molar-refractivity contribution in [1.82, 2.24) is 10.2 Å². The van der Waals surface area contributed by atoms with Crippen LogP contribution in [0.2, 0.25) is 5.02 Å². The minimum Gasteiger partial charge on any atom is -0.350 e. The molecule has 0 saturated heterocycles.